The van der Waals surface area contributed by atoms with Gasteiger partial charge in [0.2, 0.25) is 0 Å². The standard InChI is InChI=1S/C17H20N2O3/c1-21-16-5-3-2-4-14(16)11-19-17(20)12-22-15-8-6-13(10-18)7-9-15/h2-9H,10-12,18H2,1H3,(H,19,20). The third-order valence-electron chi connectivity index (χ3n) is 3.20. The molecule has 0 aliphatic heterocycles. The van der Waals surface area contributed by atoms with Gasteiger partial charge < -0.3 is 20.5 Å². The van der Waals surface area contributed by atoms with Crippen LogP contribution >= 0.6 is 0 Å². The monoisotopic (exact) mass is 300 g/mol. The Hall–Kier alpha value is -2.53. The predicted octanol–water partition coefficient (Wildman–Crippen LogP) is 1.85. The lowest BCUT2D eigenvalue weighted by Crippen LogP contribution is -2.28. The molecule has 5 heteroatoms. The topological polar surface area (TPSA) is 73.6 Å². The van der Waals surface area contributed by atoms with Crippen LogP contribution in [0.4, 0.5) is 0 Å². The summed E-state index contributed by atoms with van der Waals surface area (Å²) in [4.78, 5) is 11.8. The lowest BCUT2D eigenvalue weighted by Gasteiger charge is -2.10. The molecule has 2 aromatic rings. The van der Waals surface area contributed by atoms with Crippen LogP contribution in [-0.2, 0) is 17.9 Å². The molecule has 22 heavy (non-hydrogen) atoms. The van der Waals surface area contributed by atoms with Crippen LogP contribution in [0.3, 0.4) is 0 Å². The normalized spacial score (nSPS) is 10.1. The maximum atomic E-state index is 11.8. The van der Waals surface area contributed by atoms with Gasteiger partial charge in [-0.2, -0.15) is 0 Å². The second-order valence-corrected chi connectivity index (χ2v) is 4.73. The van der Waals surface area contributed by atoms with Crippen LogP contribution in [0.15, 0.2) is 48.5 Å². The van der Waals surface area contributed by atoms with E-state index in [0.717, 1.165) is 16.9 Å². The Bertz CT molecular complexity index is 612. The van der Waals surface area contributed by atoms with Gasteiger partial charge in [0.1, 0.15) is 11.5 Å². The molecule has 0 spiro atoms. The number of methoxy groups -OCH3 is 1. The summed E-state index contributed by atoms with van der Waals surface area (Å²) >= 11 is 0. The zero-order valence-electron chi connectivity index (χ0n) is 12.5. The molecule has 0 heterocycles. The van der Waals surface area contributed by atoms with Crippen LogP contribution in [0.5, 0.6) is 11.5 Å². The van der Waals surface area contributed by atoms with Gasteiger partial charge in [-0.25, -0.2) is 0 Å². The first-order valence-electron chi connectivity index (χ1n) is 7.03. The van der Waals surface area contributed by atoms with Gasteiger partial charge in [0.25, 0.3) is 5.91 Å². The smallest absolute Gasteiger partial charge is 0.258 e. The van der Waals surface area contributed by atoms with E-state index in [0.29, 0.717) is 18.8 Å². The van der Waals surface area contributed by atoms with Gasteiger partial charge in [0.15, 0.2) is 6.61 Å². The Morgan fingerprint density at radius 2 is 1.86 bits per heavy atom. The molecule has 0 aromatic heterocycles. The molecule has 0 aliphatic rings. The molecule has 2 aromatic carbocycles. The fraction of sp³-hybridized carbons (Fsp3) is 0.235. The first-order valence-corrected chi connectivity index (χ1v) is 7.03. The molecule has 0 saturated carbocycles. The van der Waals surface area contributed by atoms with E-state index in [2.05, 4.69) is 5.32 Å². The maximum Gasteiger partial charge on any atom is 0.258 e. The van der Waals surface area contributed by atoms with Crippen LogP contribution in [0.25, 0.3) is 0 Å². The highest BCUT2D eigenvalue weighted by atomic mass is 16.5. The highest BCUT2D eigenvalue weighted by Crippen LogP contribution is 2.16. The first-order chi connectivity index (χ1) is 10.7. The first kappa shape index (κ1) is 15.9. The molecule has 0 fully saturated rings. The van der Waals surface area contributed by atoms with E-state index in [1.807, 2.05) is 36.4 Å². The number of hydrogen-bond acceptors (Lipinski definition) is 4. The van der Waals surface area contributed by atoms with Gasteiger partial charge in [-0.3, -0.25) is 4.79 Å². The quantitative estimate of drug-likeness (QED) is 0.818. The van der Waals surface area contributed by atoms with Crippen molar-refractivity contribution in [2.24, 2.45) is 5.73 Å². The molecule has 1 amide bonds. The fourth-order valence-electron chi connectivity index (χ4n) is 1.96. The molecule has 0 bridgehead atoms. The van der Waals surface area contributed by atoms with E-state index in [-0.39, 0.29) is 12.5 Å². The fourth-order valence-corrected chi connectivity index (χ4v) is 1.96. The van der Waals surface area contributed by atoms with Crippen molar-refractivity contribution in [3.05, 3.63) is 59.7 Å². The van der Waals surface area contributed by atoms with E-state index in [9.17, 15) is 4.79 Å². The number of rotatable bonds is 7. The molecule has 0 unspecified atom stereocenters. The summed E-state index contributed by atoms with van der Waals surface area (Å²) in [6.45, 7) is 0.856. The number of nitrogens with two attached hydrogens (primary N) is 1. The summed E-state index contributed by atoms with van der Waals surface area (Å²) in [7, 11) is 1.61. The summed E-state index contributed by atoms with van der Waals surface area (Å²) in [6, 6.07) is 14.9. The summed E-state index contributed by atoms with van der Waals surface area (Å²) in [5.74, 6) is 1.21. The van der Waals surface area contributed by atoms with Crippen molar-refractivity contribution in [2.45, 2.75) is 13.1 Å². The number of carbonyl (C=O) groups is 1. The molecule has 3 N–H and O–H groups in total. The van der Waals surface area contributed by atoms with Crippen molar-refractivity contribution in [3.8, 4) is 11.5 Å². The molecular weight excluding hydrogens is 280 g/mol. The Morgan fingerprint density at radius 1 is 1.14 bits per heavy atom. The molecule has 0 saturated heterocycles. The Morgan fingerprint density at radius 3 is 2.55 bits per heavy atom. The van der Waals surface area contributed by atoms with E-state index >= 15 is 0 Å². The Balaban J connectivity index is 1.80. The Labute approximate surface area is 130 Å². The molecular formula is C17H20N2O3. The average Bonchev–Trinajstić information content (AvgIpc) is 2.58. The SMILES string of the molecule is COc1ccccc1CNC(=O)COc1ccc(CN)cc1. The van der Waals surface area contributed by atoms with Crippen LogP contribution in [0.1, 0.15) is 11.1 Å². The number of hydrogen-bond donors (Lipinski definition) is 2. The van der Waals surface area contributed by atoms with Gasteiger partial charge in [0.05, 0.1) is 7.11 Å². The number of nitrogens with one attached hydrogen (secondary N) is 1. The van der Waals surface area contributed by atoms with E-state index < -0.39 is 0 Å². The number of ether oxygens (including phenoxy) is 2. The van der Waals surface area contributed by atoms with Gasteiger partial charge >= 0.3 is 0 Å². The molecule has 5 nitrogen and oxygen atoms in total. The zero-order chi connectivity index (χ0) is 15.8. The second kappa shape index (κ2) is 8.05. The van der Waals surface area contributed by atoms with Crippen LogP contribution in [0.2, 0.25) is 0 Å². The van der Waals surface area contributed by atoms with E-state index in [4.69, 9.17) is 15.2 Å². The number of carbonyl (C=O) groups excluding carboxylic acids is 1. The van der Waals surface area contributed by atoms with E-state index in [1.165, 1.54) is 0 Å². The lowest BCUT2D eigenvalue weighted by molar-refractivity contribution is -0.123. The molecule has 0 atom stereocenters. The van der Waals surface area contributed by atoms with Gasteiger partial charge in [-0.15, -0.1) is 0 Å². The van der Waals surface area contributed by atoms with Gasteiger partial charge in [0, 0.05) is 18.7 Å². The zero-order valence-corrected chi connectivity index (χ0v) is 12.5. The molecule has 0 aliphatic carbocycles. The van der Waals surface area contributed by atoms with Crippen molar-refractivity contribution in [1.29, 1.82) is 0 Å². The van der Waals surface area contributed by atoms with Crippen molar-refractivity contribution >= 4 is 5.91 Å². The maximum absolute atomic E-state index is 11.8. The Kier molecular flexibility index (Phi) is 5.80. The largest absolute Gasteiger partial charge is 0.496 e. The predicted molar refractivity (Wildman–Crippen MR) is 84.7 cm³/mol. The number of amides is 1. The van der Waals surface area contributed by atoms with Crippen molar-refractivity contribution in [3.63, 3.8) is 0 Å². The van der Waals surface area contributed by atoms with Crippen molar-refractivity contribution in [2.75, 3.05) is 13.7 Å². The molecule has 116 valence electrons. The van der Waals surface area contributed by atoms with E-state index in [1.54, 1.807) is 19.2 Å². The summed E-state index contributed by atoms with van der Waals surface area (Å²) in [5, 5.41) is 2.80. The van der Waals surface area contributed by atoms with Crippen molar-refractivity contribution in [1.82, 2.24) is 5.32 Å². The van der Waals surface area contributed by atoms with Crippen LogP contribution < -0.4 is 20.5 Å². The number of benzene rings is 2. The van der Waals surface area contributed by atoms with Gasteiger partial charge in [-0.1, -0.05) is 30.3 Å². The highest BCUT2D eigenvalue weighted by molar-refractivity contribution is 5.77. The van der Waals surface area contributed by atoms with Crippen LogP contribution in [0, 0.1) is 0 Å². The van der Waals surface area contributed by atoms with Gasteiger partial charge in [-0.05, 0) is 23.8 Å². The minimum atomic E-state index is -0.186. The molecule has 0 radical (unpaired) electrons. The third kappa shape index (κ3) is 4.49. The summed E-state index contributed by atoms with van der Waals surface area (Å²) in [6.07, 6.45) is 0. The minimum absolute atomic E-state index is 0.0306. The highest BCUT2D eigenvalue weighted by Gasteiger charge is 2.06. The van der Waals surface area contributed by atoms with Crippen LogP contribution in [-0.4, -0.2) is 19.6 Å². The second-order valence-electron chi connectivity index (χ2n) is 4.73. The lowest BCUT2D eigenvalue weighted by atomic mass is 10.2. The average molecular weight is 300 g/mol. The molecule has 2 rings (SSSR count). The van der Waals surface area contributed by atoms with Crippen molar-refractivity contribution < 1.29 is 14.3 Å². The third-order valence-corrected chi connectivity index (χ3v) is 3.20. The summed E-state index contributed by atoms with van der Waals surface area (Å²) < 4.78 is 10.7. The minimum Gasteiger partial charge on any atom is -0.496 e. The number of para-hydroxylation sites is 1. The summed E-state index contributed by atoms with van der Waals surface area (Å²) in [5.41, 5.74) is 7.47.